The fourth-order valence-electron chi connectivity index (χ4n) is 1.66. The molecule has 0 saturated carbocycles. The standard InChI is InChI=1S/C12H13NOSe/c1-9-11(15-8-13-9)12(2,14)10-6-4-3-5-7-10/h3-8,14H,1-2H3. The van der Waals surface area contributed by atoms with Crippen LogP contribution in [0.3, 0.4) is 0 Å². The SMILES string of the molecule is Cc1nc[se]c1C(C)(O)c1ccccc1. The second-order valence-corrected chi connectivity index (χ2v) is 5.50. The average molecular weight is 266 g/mol. The summed E-state index contributed by atoms with van der Waals surface area (Å²) in [5, 5.41) is 12.4. The van der Waals surface area contributed by atoms with Crippen LogP contribution in [0.25, 0.3) is 0 Å². The van der Waals surface area contributed by atoms with Gasteiger partial charge in [0, 0.05) is 0 Å². The van der Waals surface area contributed by atoms with Crippen molar-refractivity contribution in [3.05, 3.63) is 51.1 Å². The third-order valence-corrected chi connectivity index (χ3v) is 4.91. The van der Waals surface area contributed by atoms with Gasteiger partial charge in [0.2, 0.25) is 0 Å². The van der Waals surface area contributed by atoms with E-state index in [4.69, 9.17) is 0 Å². The van der Waals surface area contributed by atoms with Crippen molar-refractivity contribution in [2.75, 3.05) is 0 Å². The van der Waals surface area contributed by atoms with Gasteiger partial charge < -0.3 is 0 Å². The molecule has 78 valence electrons. The second-order valence-electron chi connectivity index (χ2n) is 3.71. The maximum absolute atomic E-state index is 10.5. The fourth-order valence-corrected chi connectivity index (χ4v) is 3.52. The van der Waals surface area contributed by atoms with Gasteiger partial charge >= 0.3 is 95.1 Å². The summed E-state index contributed by atoms with van der Waals surface area (Å²) in [5.41, 5.74) is 1.03. The number of hydrogen-bond acceptors (Lipinski definition) is 2. The molecule has 2 rings (SSSR count). The van der Waals surface area contributed by atoms with Crippen LogP contribution in [-0.4, -0.2) is 24.6 Å². The summed E-state index contributed by atoms with van der Waals surface area (Å²) in [6.07, 6.45) is 0. The number of rotatable bonds is 2. The van der Waals surface area contributed by atoms with Crippen LogP contribution in [0, 0.1) is 6.92 Å². The van der Waals surface area contributed by atoms with Gasteiger partial charge in [-0.2, -0.15) is 0 Å². The van der Waals surface area contributed by atoms with E-state index in [2.05, 4.69) is 4.98 Å². The van der Waals surface area contributed by atoms with Crippen molar-refractivity contribution >= 4 is 14.5 Å². The normalized spacial score (nSPS) is 14.9. The molecule has 3 heteroatoms. The van der Waals surface area contributed by atoms with E-state index in [1.807, 2.05) is 49.3 Å². The van der Waals surface area contributed by atoms with Gasteiger partial charge in [0.05, 0.1) is 0 Å². The van der Waals surface area contributed by atoms with Crippen LogP contribution in [0.1, 0.15) is 22.6 Å². The zero-order valence-electron chi connectivity index (χ0n) is 8.77. The van der Waals surface area contributed by atoms with E-state index in [0.717, 1.165) is 15.7 Å². The fraction of sp³-hybridized carbons (Fsp3) is 0.250. The molecule has 2 nitrogen and oxygen atoms in total. The van der Waals surface area contributed by atoms with Gasteiger partial charge in [0.15, 0.2) is 0 Å². The average Bonchev–Trinajstić information content (AvgIpc) is 2.66. The first-order valence-electron chi connectivity index (χ1n) is 4.81. The van der Waals surface area contributed by atoms with Crippen molar-refractivity contribution in [2.24, 2.45) is 0 Å². The van der Waals surface area contributed by atoms with Crippen LogP contribution in [0.2, 0.25) is 0 Å². The summed E-state index contributed by atoms with van der Waals surface area (Å²) in [5.74, 6) is 0. The minimum absolute atomic E-state index is 0.184. The predicted molar refractivity (Wildman–Crippen MR) is 61.0 cm³/mol. The molecule has 1 atom stereocenters. The molecule has 2 aromatic rings. The van der Waals surface area contributed by atoms with Gasteiger partial charge in [-0.05, 0) is 0 Å². The molecule has 1 heterocycles. The Morgan fingerprint density at radius 1 is 1.27 bits per heavy atom. The van der Waals surface area contributed by atoms with Gasteiger partial charge in [-0.15, -0.1) is 0 Å². The first-order chi connectivity index (χ1) is 7.12. The Labute approximate surface area is 95.4 Å². The summed E-state index contributed by atoms with van der Waals surface area (Å²) in [4.78, 5) is 4.23. The van der Waals surface area contributed by atoms with Gasteiger partial charge in [-0.25, -0.2) is 0 Å². The third kappa shape index (κ3) is 1.91. The van der Waals surface area contributed by atoms with E-state index in [0.29, 0.717) is 0 Å². The molecule has 0 aliphatic heterocycles. The molecular weight excluding hydrogens is 253 g/mol. The van der Waals surface area contributed by atoms with Gasteiger partial charge in [-0.3, -0.25) is 0 Å². The van der Waals surface area contributed by atoms with Crippen LogP contribution >= 0.6 is 0 Å². The minimum atomic E-state index is -0.873. The number of nitrogens with zero attached hydrogens (tertiary/aromatic N) is 1. The van der Waals surface area contributed by atoms with Gasteiger partial charge in [0.1, 0.15) is 0 Å². The van der Waals surface area contributed by atoms with Crippen LogP contribution < -0.4 is 0 Å². The first-order valence-corrected chi connectivity index (χ1v) is 6.65. The van der Waals surface area contributed by atoms with Crippen molar-refractivity contribution in [3.63, 3.8) is 0 Å². The quantitative estimate of drug-likeness (QED) is 0.839. The zero-order chi connectivity index (χ0) is 10.9. The van der Waals surface area contributed by atoms with E-state index >= 15 is 0 Å². The molecule has 0 saturated heterocycles. The summed E-state index contributed by atoms with van der Waals surface area (Å²) in [7, 11) is 0. The Morgan fingerprint density at radius 3 is 2.47 bits per heavy atom. The van der Waals surface area contributed by atoms with Crippen molar-refractivity contribution in [1.82, 2.24) is 4.98 Å². The monoisotopic (exact) mass is 267 g/mol. The van der Waals surface area contributed by atoms with Crippen molar-refractivity contribution < 1.29 is 5.11 Å². The third-order valence-electron chi connectivity index (χ3n) is 2.52. The number of aromatic nitrogens is 1. The molecule has 0 bridgehead atoms. The molecule has 1 N–H and O–H groups in total. The molecule has 1 unspecified atom stereocenters. The molecule has 1 aromatic carbocycles. The number of benzene rings is 1. The zero-order valence-corrected chi connectivity index (χ0v) is 10.5. The molecule has 1 aromatic heterocycles. The molecule has 0 fully saturated rings. The summed E-state index contributed by atoms with van der Waals surface area (Å²) >= 11 is 0.184. The van der Waals surface area contributed by atoms with E-state index in [1.165, 1.54) is 0 Å². The van der Waals surface area contributed by atoms with E-state index in [-0.39, 0.29) is 14.5 Å². The molecule has 0 spiro atoms. The topological polar surface area (TPSA) is 33.1 Å². The molecule has 0 aliphatic rings. The van der Waals surface area contributed by atoms with E-state index in [1.54, 1.807) is 0 Å². The Hall–Kier alpha value is -0.891. The molecule has 15 heavy (non-hydrogen) atoms. The molecular formula is C12H13NOSe. The summed E-state index contributed by atoms with van der Waals surface area (Å²) in [6.45, 7) is 3.80. The van der Waals surface area contributed by atoms with Crippen LogP contribution in [0.15, 0.2) is 35.4 Å². The molecule has 0 radical (unpaired) electrons. The summed E-state index contributed by atoms with van der Waals surface area (Å²) < 4.78 is 1.06. The predicted octanol–water partition coefficient (Wildman–Crippen LogP) is 1.70. The van der Waals surface area contributed by atoms with Gasteiger partial charge in [0.25, 0.3) is 0 Å². The van der Waals surface area contributed by atoms with Crippen molar-refractivity contribution in [3.8, 4) is 0 Å². The number of aryl methyl sites for hydroxylation is 1. The van der Waals surface area contributed by atoms with Crippen molar-refractivity contribution in [1.29, 1.82) is 0 Å². The van der Waals surface area contributed by atoms with E-state index < -0.39 is 5.60 Å². The van der Waals surface area contributed by atoms with Gasteiger partial charge in [-0.1, -0.05) is 0 Å². The Balaban J connectivity index is 2.48. The first kappa shape index (κ1) is 10.6. The molecule has 0 amide bonds. The maximum atomic E-state index is 10.5. The number of aliphatic hydroxyl groups is 1. The van der Waals surface area contributed by atoms with Crippen LogP contribution in [0.5, 0.6) is 0 Å². The summed E-state index contributed by atoms with van der Waals surface area (Å²) in [6, 6.07) is 9.76. The molecule has 0 aliphatic carbocycles. The Kier molecular flexibility index (Phi) is 2.78. The van der Waals surface area contributed by atoms with E-state index in [9.17, 15) is 5.11 Å². The van der Waals surface area contributed by atoms with Crippen molar-refractivity contribution in [2.45, 2.75) is 19.4 Å². The number of hydrogen-bond donors (Lipinski definition) is 1. The van der Waals surface area contributed by atoms with Crippen LogP contribution in [-0.2, 0) is 5.60 Å². The Bertz CT molecular complexity index is 448. The second kappa shape index (κ2) is 3.93. The van der Waals surface area contributed by atoms with Crippen LogP contribution in [0.4, 0.5) is 0 Å². The Morgan fingerprint density at radius 2 is 1.93 bits per heavy atom.